The van der Waals surface area contributed by atoms with Crippen molar-refractivity contribution in [3.63, 3.8) is 0 Å². The third-order valence-corrected chi connectivity index (χ3v) is 3.87. The Balaban J connectivity index is 1.81. The van der Waals surface area contributed by atoms with Gasteiger partial charge >= 0.3 is 0 Å². The van der Waals surface area contributed by atoms with Gasteiger partial charge in [0.1, 0.15) is 6.61 Å². The van der Waals surface area contributed by atoms with Crippen LogP contribution < -0.4 is 0 Å². The summed E-state index contributed by atoms with van der Waals surface area (Å²) >= 11 is 0. The Morgan fingerprint density at radius 2 is 2.11 bits per heavy atom. The summed E-state index contributed by atoms with van der Waals surface area (Å²) in [5.74, 6) is 1.72. The standard InChI is InChI=1S/C13H23N3O3/c1-16(11-5-3-10(8-17)4-6-11)7-13-14-12(9-18-2)15-19-13/h10-11,17H,3-9H2,1-2H3. The van der Waals surface area contributed by atoms with E-state index in [1.165, 1.54) is 0 Å². The highest BCUT2D eigenvalue weighted by molar-refractivity contribution is 4.86. The third kappa shape index (κ3) is 3.99. The maximum Gasteiger partial charge on any atom is 0.240 e. The molecular weight excluding hydrogens is 246 g/mol. The summed E-state index contributed by atoms with van der Waals surface area (Å²) in [6.45, 7) is 1.38. The molecule has 6 nitrogen and oxygen atoms in total. The average molecular weight is 269 g/mol. The highest BCUT2D eigenvalue weighted by Gasteiger charge is 2.24. The molecule has 1 aromatic rings. The Labute approximate surface area is 113 Å². The second-order valence-electron chi connectivity index (χ2n) is 5.31. The van der Waals surface area contributed by atoms with E-state index in [9.17, 15) is 0 Å². The van der Waals surface area contributed by atoms with Crippen LogP contribution in [0.2, 0.25) is 0 Å². The first-order chi connectivity index (χ1) is 9.22. The van der Waals surface area contributed by atoms with Crippen LogP contribution in [-0.4, -0.2) is 47.0 Å². The average Bonchev–Trinajstić information content (AvgIpc) is 2.86. The minimum Gasteiger partial charge on any atom is -0.396 e. The van der Waals surface area contributed by atoms with Gasteiger partial charge in [0.15, 0.2) is 5.82 Å². The smallest absolute Gasteiger partial charge is 0.240 e. The fourth-order valence-corrected chi connectivity index (χ4v) is 2.65. The Bertz CT molecular complexity index is 375. The van der Waals surface area contributed by atoms with E-state index in [4.69, 9.17) is 14.4 Å². The quantitative estimate of drug-likeness (QED) is 0.836. The molecule has 0 aliphatic heterocycles. The largest absolute Gasteiger partial charge is 0.396 e. The van der Waals surface area contributed by atoms with Crippen LogP contribution in [0, 0.1) is 5.92 Å². The Hall–Kier alpha value is -0.980. The molecule has 1 aromatic heterocycles. The van der Waals surface area contributed by atoms with Crippen molar-refractivity contribution in [3.05, 3.63) is 11.7 Å². The van der Waals surface area contributed by atoms with E-state index in [1.807, 2.05) is 0 Å². The molecule has 6 heteroatoms. The van der Waals surface area contributed by atoms with Crippen molar-refractivity contribution in [2.75, 3.05) is 20.8 Å². The molecule has 1 saturated carbocycles. The summed E-state index contributed by atoms with van der Waals surface area (Å²) in [6.07, 6.45) is 4.45. The molecule has 1 fully saturated rings. The number of hydrogen-bond donors (Lipinski definition) is 1. The van der Waals surface area contributed by atoms with E-state index in [1.54, 1.807) is 7.11 Å². The topological polar surface area (TPSA) is 71.6 Å². The van der Waals surface area contributed by atoms with Crippen LogP contribution in [0.3, 0.4) is 0 Å². The number of nitrogens with zero attached hydrogens (tertiary/aromatic N) is 3. The molecule has 0 saturated heterocycles. The molecule has 1 aliphatic rings. The Morgan fingerprint density at radius 3 is 2.74 bits per heavy atom. The predicted octanol–water partition coefficient (Wildman–Crippen LogP) is 1.20. The van der Waals surface area contributed by atoms with Gasteiger partial charge in [-0.25, -0.2) is 0 Å². The van der Waals surface area contributed by atoms with Crippen molar-refractivity contribution in [2.24, 2.45) is 5.92 Å². The zero-order valence-corrected chi connectivity index (χ0v) is 11.7. The van der Waals surface area contributed by atoms with Crippen LogP contribution in [0.1, 0.15) is 37.4 Å². The second kappa shape index (κ2) is 6.98. The third-order valence-electron chi connectivity index (χ3n) is 3.87. The highest BCUT2D eigenvalue weighted by Crippen LogP contribution is 2.27. The van der Waals surface area contributed by atoms with Gasteiger partial charge in [-0.05, 0) is 38.6 Å². The normalized spacial score (nSPS) is 24.0. The van der Waals surface area contributed by atoms with Crippen LogP contribution in [0.15, 0.2) is 4.52 Å². The van der Waals surface area contributed by atoms with E-state index < -0.39 is 0 Å². The van der Waals surface area contributed by atoms with Gasteiger partial charge in [-0.3, -0.25) is 4.90 Å². The van der Waals surface area contributed by atoms with E-state index in [0.29, 0.717) is 43.4 Å². The fourth-order valence-electron chi connectivity index (χ4n) is 2.65. The first-order valence-corrected chi connectivity index (χ1v) is 6.84. The van der Waals surface area contributed by atoms with Crippen LogP contribution in [0.25, 0.3) is 0 Å². The van der Waals surface area contributed by atoms with Crippen LogP contribution >= 0.6 is 0 Å². The molecule has 1 heterocycles. The molecule has 0 radical (unpaired) electrons. The summed E-state index contributed by atoms with van der Waals surface area (Å²) in [5.41, 5.74) is 0. The zero-order chi connectivity index (χ0) is 13.7. The summed E-state index contributed by atoms with van der Waals surface area (Å²) < 4.78 is 10.2. The number of hydrogen-bond acceptors (Lipinski definition) is 6. The fraction of sp³-hybridized carbons (Fsp3) is 0.846. The maximum atomic E-state index is 9.15. The van der Waals surface area contributed by atoms with Crippen molar-refractivity contribution >= 4 is 0 Å². The lowest BCUT2D eigenvalue weighted by atomic mass is 9.86. The molecule has 0 aromatic carbocycles. The molecular formula is C13H23N3O3. The van der Waals surface area contributed by atoms with Crippen molar-refractivity contribution < 1.29 is 14.4 Å². The molecule has 0 unspecified atom stereocenters. The summed E-state index contributed by atoms with van der Waals surface area (Å²) in [6, 6.07) is 0.542. The van der Waals surface area contributed by atoms with Gasteiger partial charge < -0.3 is 14.4 Å². The van der Waals surface area contributed by atoms with E-state index in [2.05, 4.69) is 22.1 Å². The number of ether oxygens (including phenoxy) is 1. The molecule has 0 bridgehead atoms. The van der Waals surface area contributed by atoms with Gasteiger partial charge in [-0.2, -0.15) is 4.98 Å². The number of methoxy groups -OCH3 is 1. The number of aliphatic hydroxyl groups is 1. The van der Waals surface area contributed by atoms with Gasteiger partial charge in [0.05, 0.1) is 6.54 Å². The molecule has 1 aliphatic carbocycles. The van der Waals surface area contributed by atoms with Gasteiger partial charge in [-0.15, -0.1) is 0 Å². The lowest BCUT2D eigenvalue weighted by Gasteiger charge is -2.33. The van der Waals surface area contributed by atoms with Crippen LogP contribution in [-0.2, 0) is 17.9 Å². The molecule has 19 heavy (non-hydrogen) atoms. The number of rotatable bonds is 6. The first kappa shape index (κ1) is 14.4. The Morgan fingerprint density at radius 1 is 1.37 bits per heavy atom. The Kier molecular flexibility index (Phi) is 5.30. The highest BCUT2D eigenvalue weighted by atomic mass is 16.5. The zero-order valence-electron chi connectivity index (χ0n) is 11.7. The first-order valence-electron chi connectivity index (χ1n) is 6.84. The van der Waals surface area contributed by atoms with Crippen LogP contribution in [0.5, 0.6) is 0 Å². The summed E-state index contributed by atoms with van der Waals surface area (Å²) in [7, 11) is 3.70. The van der Waals surface area contributed by atoms with Crippen molar-refractivity contribution in [2.45, 2.75) is 44.9 Å². The second-order valence-corrected chi connectivity index (χ2v) is 5.31. The van der Waals surface area contributed by atoms with E-state index >= 15 is 0 Å². The molecule has 1 N–H and O–H groups in total. The summed E-state index contributed by atoms with van der Waals surface area (Å²) in [5, 5.41) is 13.0. The van der Waals surface area contributed by atoms with E-state index in [0.717, 1.165) is 25.7 Å². The van der Waals surface area contributed by atoms with Gasteiger partial charge in [0.25, 0.3) is 0 Å². The molecule has 108 valence electrons. The minimum atomic E-state index is 0.320. The number of aromatic nitrogens is 2. The van der Waals surface area contributed by atoms with Crippen molar-refractivity contribution in [1.29, 1.82) is 0 Å². The molecule has 2 rings (SSSR count). The lowest BCUT2D eigenvalue weighted by Crippen LogP contribution is -2.35. The maximum absolute atomic E-state index is 9.15. The lowest BCUT2D eigenvalue weighted by molar-refractivity contribution is 0.116. The van der Waals surface area contributed by atoms with Gasteiger partial charge in [0.2, 0.25) is 5.89 Å². The number of aliphatic hydroxyl groups excluding tert-OH is 1. The van der Waals surface area contributed by atoms with Crippen molar-refractivity contribution in [1.82, 2.24) is 15.0 Å². The molecule has 0 atom stereocenters. The summed E-state index contributed by atoms with van der Waals surface area (Å²) in [4.78, 5) is 6.54. The molecule has 0 spiro atoms. The van der Waals surface area contributed by atoms with Crippen LogP contribution in [0.4, 0.5) is 0 Å². The minimum absolute atomic E-state index is 0.320. The van der Waals surface area contributed by atoms with Gasteiger partial charge in [-0.1, -0.05) is 5.16 Å². The van der Waals surface area contributed by atoms with Crippen molar-refractivity contribution in [3.8, 4) is 0 Å². The van der Waals surface area contributed by atoms with Gasteiger partial charge in [0, 0.05) is 19.8 Å². The predicted molar refractivity (Wildman–Crippen MR) is 69.3 cm³/mol. The van der Waals surface area contributed by atoms with E-state index in [-0.39, 0.29) is 0 Å². The SMILES string of the molecule is COCc1noc(CN(C)C2CCC(CO)CC2)n1. The molecule has 0 amide bonds. The monoisotopic (exact) mass is 269 g/mol.